The van der Waals surface area contributed by atoms with Crippen molar-refractivity contribution in [3.63, 3.8) is 0 Å². The second-order valence-corrected chi connectivity index (χ2v) is 9.38. The van der Waals surface area contributed by atoms with Crippen molar-refractivity contribution >= 4 is 29.1 Å². The van der Waals surface area contributed by atoms with E-state index in [-0.39, 0.29) is 16.9 Å². The largest absolute Gasteiger partial charge is 0.326 e. The lowest BCUT2D eigenvalue weighted by Crippen LogP contribution is -2.16. The highest BCUT2D eigenvalue weighted by Gasteiger charge is 2.25. The van der Waals surface area contributed by atoms with Gasteiger partial charge in [0.1, 0.15) is 5.82 Å². The number of hydrogen-bond donors (Lipinski definition) is 1. The molecule has 6 nitrogen and oxygen atoms in total. The number of aromatic nitrogens is 3. The van der Waals surface area contributed by atoms with Crippen LogP contribution in [0.4, 0.5) is 5.69 Å². The zero-order chi connectivity index (χ0) is 22.2. The predicted molar refractivity (Wildman–Crippen MR) is 126 cm³/mol. The maximum absolute atomic E-state index is 13.0. The summed E-state index contributed by atoms with van der Waals surface area (Å²) in [6, 6.07) is 7.09. The Bertz CT molecular complexity index is 901. The van der Waals surface area contributed by atoms with E-state index >= 15 is 0 Å². The molecule has 1 aliphatic rings. The molecule has 1 heterocycles. The molecule has 0 aliphatic heterocycles. The van der Waals surface area contributed by atoms with E-state index in [0.29, 0.717) is 30.1 Å². The van der Waals surface area contributed by atoms with Gasteiger partial charge in [-0.15, -0.1) is 16.8 Å². The van der Waals surface area contributed by atoms with Crippen LogP contribution in [0.15, 0.2) is 42.1 Å². The molecule has 1 unspecified atom stereocenters. The Balaban J connectivity index is 1.68. The molecule has 0 bridgehead atoms. The Morgan fingerprint density at radius 2 is 1.94 bits per heavy atom. The van der Waals surface area contributed by atoms with Gasteiger partial charge in [0.25, 0.3) is 0 Å². The van der Waals surface area contributed by atoms with Gasteiger partial charge in [0.15, 0.2) is 10.9 Å². The molecule has 1 aromatic heterocycles. The summed E-state index contributed by atoms with van der Waals surface area (Å²) in [5, 5.41) is 12.2. The van der Waals surface area contributed by atoms with Gasteiger partial charge >= 0.3 is 0 Å². The summed E-state index contributed by atoms with van der Waals surface area (Å²) in [6.45, 7) is 8.40. The van der Waals surface area contributed by atoms with Crippen LogP contribution in [-0.4, -0.2) is 31.7 Å². The third kappa shape index (κ3) is 6.06. The van der Waals surface area contributed by atoms with E-state index in [1.165, 1.54) is 31.0 Å². The van der Waals surface area contributed by atoms with Crippen molar-refractivity contribution < 1.29 is 9.59 Å². The number of Topliss-reactive ketones (excluding diaryl/α,β-unsaturated/α-hetero) is 1. The highest BCUT2D eigenvalue weighted by molar-refractivity contribution is 8.00. The molecule has 1 aromatic carbocycles. The van der Waals surface area contributed by atoms with Gasteiger partial charge in [0.05, 0.1) is 5.25 Å². The van der Waals surface area contributed by atoms with Gasteiger partial charge < -0.3 is 9.88 Å². The van der Waals surface area contributed by atoms with E-state index < -0.39 is 0 Å². The van der Waals surface area contributed by atoms with Crippen molar-refractivity contribution in [1.29, 1.82) is 0 Å². The average Bonchev–Trinajstić information content (AvgIpc) is 3.17. The van der Waals surface area contributed by atoms with Crippen molar-refractivity contribution in [2.45, 2.75) is 81.7 Å². The molecule has 7 heteroatoms. The van der Waals surface area contributed by atoms with Crippen molar-refractivity contribution in [2.24, 2.45) is 0 Å². The lowest BCUT2D eigenvalue weighted by molar-refractivity contribution is -0.116. The summed E-state index contributed by atoms with van der Waals surface area (Å²) in [5.41, 5.74) is 1.33. The number of benzene rings is 1. The van der Waals surface area contributed by atoms with Crippen LogP contribution < -0.4 is 5.32 Å². The van der Waals surface area contributed by atoms with Crippen molar-refractivity contribution in [3.05, 3.63) is 48.3 Å². The Labute approximate surface area is 188 Å². The van der Waals surface area contributed by atoms with Gasteiger partial charge in [-0.1, -0.05) is 44.0 Å². The van der Waals surface area contributed by atoms with E-state index in [4.69, 9.17) is 0 Å². The fourth-order valence-electron chi connectivity index (χ4n) is 3.97. The van der Waals surface area contributed by atoms with Crippen LogP contribution in [-0.2, 0) is 11.3 Å². The number of nitrogens with zero attached hydrogens (tertiary/aromatic N) is 3. The SMILES string of the molecule is C=CCn1c(SC(C)C(=O)c2ccc(NC(=O)CCC)cc2)nnc1C1CCCCC1. The molecule has 1 atom stereocenters. The summed E-state index contributed by atoms with van der Waals surface area (Å²) in [7, 11) is 0. The van der Waals surface area contributed by atoms with E-state index in [0.717, 1.165) is 30.2 Å². The number of hydrogen-bond acceptors (Lipinski definition) is 5. The van der Waals surface area contributed by atoms with Gasteiger partial charge in [-0.3, -0.25) is 9.59 Å². The molecule has 1 saturated carbocycles. The summed E-state index contributed by atoms with van der Waals surface area (Å²) in [4.78, 5) is 24.7. The maximum atomic E-state index is 13.0. The van der Waals surface area contributed by atoms with Crippen molar-refractivity contribution in [1.82, 2.24) is 14.8 Å². The minimum atomic E-state index is -0.299. The maximum Gasteiger partial charge on any atom is 0.224 e. The van der Waals surface area contributed by atoms with Gasteiger partial charge in [-0.2, -0.15) is 0 Å². The first-order chi connectivity index (χ1) is 15.0. The van der Waals surface area contributed by atoms with Crippen LogP contribution in [0.2, 0.25) is 0 Å². The van der Waals surface area contributed by atoms with Gasteiger partial charge in [0, 0.05) is 30.1 Å². The summed E-state index contributed by atoms with van der Waals surface area (Å²) >= 11 is 1.44. The van der Waals surface area contributed by atoms with Gasteiger partial charge in [-0.25, -0.2) is 0 Å². The van der Waals surface area contributed by atoms with Gasteiger partial charge in [-0.05, 0) is 50.5 Å². The predicted octanol–water partition coefficient (Wildman–Crippen LogP) is 5.61. The first-order valence-corrected chi connectivity index (χ1v) is 12.1. The zero-order valence-electron chi connectivity index (χ0n) is 18.5. The molecule has 0 radical (unpaired) electrons. The van der Waals surface area contributed by atoms with Crippen LogP contribution in [0.25, 0.3) is 0 Å². The van der Waals surface area contributed by atoms with E-state index in [1.807, 2.05) is 19.9 Å². The van der Waals surface area contributed by atoms with Crippen LogP contribution in [0, 0.1) is 0 Å². The highest BCUT2D eigenvalue weighted by atomic mass is 32.2. The minimum Gasteiger partial charge on any atom is -0.326 e. The number of carbonyl (C=O) groups excluding carboxylic acids is 2. The number of rotatable bonds is 10. The highest BCUT2D eigenvalue weighted by Crippen LogP contribution is 2.34. The zero-order valence-corrected chi connectivity index (χ0v) is 19.3. The quantitative estimate of drug-likeness (QED) is 0.295. The average molecular weight is 441 g/mol. The van der Waals surface area contributed by atoms with Crippen molar-refractivity contribution in [3.8, 4) is 0 Å². The van der Waals surface area contributed by atoms with E-state index in [1.54, 1.807) is 24.3 Å². The molecule has 0 spiro atoms. The number of ketones is 1. The second kappa shape index (κ2) is 11.3. The standard InChI is InChI=1S/C24H32N4O2S/c1-4-9-21(29)25-20-14-12-18(13-15-20)22(30)17(3)31-24-27-26-23(28(24)16-5-2)19-10-7-6-8-11-19/h5,12-15,17,19H,2,4,6-11,16H2,1,3H3,(H,25,29). The molecule has 1 amide bonds. The minimum absolute atomic E-state index is 0.0131. The fraction of sp³-hybridized carbons (Fsp3) is 0.500. The molecular weight excluding hydrogens is 408 g/mol. The van der Waals surface area contributed by atoms with Crippen LogP contribution in [0.3, 0.4) is 0 Å². The lowest BCUT2D eigenvalue weighted by atomic mass is 9.89. The third-order valence-corrected chi connectivity index (χ3v) is 6.69. The van der Waals surface area contributed by atoms with Crippen LogP contribution in [0.1, 0.15) is 80.9 Å². The summed E-state index contributed by atoms with van der Waals surface area (Å²) < 4.78 is 2.11. The molecule has 3 rings (SSSR count). The first-order valence-electron chi connectivity index (χ1n) is 11.2. The van der Waals surface area contributed by atoms with Crippen molar-refractivity contribution in [2.75, 3.05) is 5.32 Å². The summed E-state index contributed by atoms with van der Waals surface area (Å²) in [5.74, 6) is 1.48. The van der Waals surface area contributed by atoms with E-state index in [2.05, 4.69) is 26.7 Å². The number of nitrogens with one attached hydrogen (secondary N) is 1. The third-order valence-electron chi connectivity index (χ3n) is 5.61. The first kappa shape index (κ1) is 23.3. The molecule has 1 N–H and O–H groups in total. The molecule has 166 valence electrons. The molecular formula is C24H32N4O2S. The number of amides is 1. The Hall–Kier alpha value is -2.41. The normalized spacial score (nSPS) is 15.4. The molecule has 1 aliphatic carbocycles. The van der Waals surface area contributed by atoms with Crippen LogP contribution >= 0.6 is 11.8 Å². The monoisotopic (exact) mass is 440 g/mol. The van der Waals surface area contributed by atoms with Crippen LogP contribution in [0.5, 0.6) is 0 Å². The number of allylic oxidation sites excluding steroid dienone is 1. The molecule has 0 saturated heterocycles. The Morgan fingerprint density at radius 3 is 2.58 bits per heavy atom. The number of carbonyl (C=O) groups is 2. The fourth-order valence-corrected chi connectivity index (χ4v) is 4.91. The smallest absolute Gasteiger partial charge is 0.224 e. The molecule has 1 fully saturated rings. The Kier molecular flexibility index (Phi) is 8.46. The second-order valence-electron chi connectivity index (χ2n) is 8.07. The topological polar surface area (TPSA) is 76.9 Å². The number of anilines is 1. The number of thioether (sulfide) groups is 1. The molecule has 2 aromatic rings. The molecule has 31 heavy (non-hydrogen) atoms. The lowest BCUT2D eigenvalue weighted by Gasteiger charge is -2.21. The van der Waals surface area contributed by atoms with E-state index in [9.17, 15) is 9.59 Å². The van der Waals surface area contributed by atoms with Gasteiger partial charge in [0.2, 0.25) is 5.91 Å². The summed E-state index contributed by atoms with van der Waals surface area (Å²) in [6.07, 6.45) is 9.21. The Morgan fingerprint density at radius 1 is 1.23 bits per heavy atom.